The summed E-state index contributed by atoms with van der Waals surface area (Å²) in [5.74, 6) is 0.665. The van der Waals surface area contributed by atoms with E-state index in [2.05, 4.69) is 28.5 Å². The normalized spacial score (nSPS) is 21.3. The van der Waals surface area contributed by atoms with Crippen LogP contribution in [0.5, 0.6) is 5.75 Å². The number of benzene rings is 1. The second-order valence-electron chi connectivity index (χ2n) is 14.0. The zero-order valence-corrected chi connectivity index (χ0v) is 29.0. The third-order valence-corrected chi connectivity index (χ3v) is 11.3. The van der Waals surface area contributed by atoms with Gasteiger partial charge < -0.3 is 19.3 Å². The van der Waals surface area contributed by atoms with Crippen LogP contribution < -0.4 is 9.46 Å². The van der Waals surface area contributed by atoms with Gasteiger partial charge in [-0.2, -0.15) is 8.42 Å². The van der Waals surface area contributed by atoms with Gasteiger partial charge in [-0.3, -0.25) is 9.52 Å². The Bertz CT molecular complexity index is 1690. The second-order valence-corrected chi connectivity index (χ2v) is 15.6. The summed E-state index contributed by atoms with van der Waals surface area (Å²) in [6.45, 7) is 12.3. The zero-order chi connectivity index (χ0) is 33.3. The summed E-state index contributed by atoms with van der Waals surface area (Å²) < 4.78 is 41.7. The van der Waals surface area contributed by atoms with Crippen LogP contribution in [0.25, 0.3) is 11.3 Å². The van der Waals surface area contributed by atoms with Gasteiger partial charge in [0.25, 0.3) is 15.9 Å². The van der Waals surface area contributed by atoms with E-state index in [0.29, 0.717) is 17.4 Å². The number of hydrogen-bond donors (Lipinski definition) is 1. The Kier molecular flexibility index (Phi) is 9.60. The van der Waals surface area contributed by atoms with E-state index in [0.717, 1.165) is 75.0 Å². The molecular formula is C36H47N5O5S. The summed E-state index contributed by atoms with van der Waals surface area (Å²) in [4.78, 5) is 28.0. The lowest BCUT2D eigenvalue weighted by molar-refractivity contribution is -0.0545. The topological polar surface area (TPSA) is 114 Å². The van der Waals surface area contributed by atoms with Crippen molar-refractivity contribution in [2.75, 3.05) is 44.7 Å². The smallest absolute Gasteiger partial charge is 0.280 e. The highest BCUT2D eigenvalue weighted by Crippen LogP contribution is 2.52. The van der Waals surface area contributed by atoms with Crippen LogP contribution in [0.15, 0.2) is 53.6 Å². The first kappa shape index (κ1) is 33.4. The van der Waals surface area contributed by atoms with Crippen LogP contribution in [0.1, 0.15) is 67.6 Å². The van der Waals surface area contributed by atoms with Crippen LogP contribution in [-0.4, -0.2) is 86.1 Å². The molecule has 0 unspecified atom stereocenters. The molecule has 4 heterocycles. The maximum atomic E-state index is 14.4. The highest BCUT2D eigenvalue weighted by molar-refractivity contribution is 7.92. The molecule has 0 radical (unpaired) electrons. The molecule has 11 heteroatoms. The maximum absolute atomic E-state index is 14.4. The van der Waals surface area contributed by atoms with Crippen LogP contribution >= 0.6 is 0 Å². The van der Waals surface area contributed by atoms with Gasteiger partial charge >= 0.3 is 0 Å². The number of aryl methyl sites for hydroxylation is 2. The van der Waals surface area contributed by atoms with Gasteiger partial charge in [0.2, 0.25) is 0 Å². The molecule has 1 saturated carbocycles. The number of aromatic nitrogens is 2. The Morgan fingerprint density at radius 1 is 1.02 bits per heavy atom. The molecule has 1 N–H and O–H groups in total. The number of likely N-dealkylation sites (tertiary alicyclic amines) is 1. The number of methoxy groups -OCH3 is 1. The number of carbonyl (C=O) groups is 1. The predicted octanol–water partition coefficient (Wildman–Crippen LogP) is 5.70. The molecule has 2 aromatic heterocycles. The summed E-state index contributed by atoms with van der Waals surface area (Å²) in [5, 5.41) is -0.224. The van der Waals surface area contributed by atoms with E-state index < -0.39 is 10.0 Å². The lowest BCUT2D eigenvalue weighted by atomic mass is 9.59. The van der Waals surface area contributed by atoms with Crippen LogP contribution in [0, 0.1) is 25.2 Å². The van der Waals surface area contributed by atoms with E-state index in [4.69, 9.17) is 14.5 Å². The highest BCUT2D eigenvalue weighted by Gasteiger charge is 2.50. The number of anilines is 1. The summed E-state index contributed by atoms with van der Waals surface area (Å²) in [6, 6.07) is 13.9. The first-order valence-electron chi connectivity index (χ1n) is 16.7. The van der Waals surface area contributed by atoms with E-state index in [-0.39, 0.29) is 46.6 Å². The summed E-state index contributed by atoms with van der Waals surface area (Å²) >= 11 is 0. The van der Waals surface area contributed by atoms with Gasteiger partial charge in [0.05, 0.1) is 18.3 Å². The van der Waals surface area contributed by atoms with Crippen molar-refractivity contribution in [1.29, 1.82) is 0 Å². The molecule has 252 valence electrons. The van der Waals surface area contributed by atoms with Crippen LogP contribution in [0.3, 0.4) is 0 Å². The quantitative estimate of drug-likeness (QED) is 0.343. The Labute approximate surface area is 278 Å². The monoisotopic (exact) mass is 661 g/mol. The maximum Gasteiger partial charge on any atom is 0.280 e. The lowest BCUT2D eigenvalue weighted by Crippen LogP contribution is -2.60. The van der Waals surface area contributed by atoms with Crippen molar-refractivity contribution in [2.24, 2.45) is 11.3 Å². The number of amides is 1. The van der Waals surface area contributed by atoms with Gasteiger partial charge in [0, 0.05) is 37.4 Å². The minimum Gasteiger partial charge on any atom is -0.491 e. The minimum atomic E-state index is -4.16. The first-order chi connectivity index (χ1) is 22.5. The molecule has 47 heavy (non-hydrogen) atoms. The number of pyridine rings is 2. The van der Waals surface area contributed by atoms with Crippen LogP contribution in [0.2, 0.25) is 0 Å². The van der Waals surface area contributed by atoms with E-state index in [9.17, 15) is 13.2 Å². The molecule has 2 aliphatic heterocycles. The fourth-order valence-corrected chi connectivity index (χ4v) is 8.60. The van der Waals surface area contributed by atoms with E-state index >= 15 is 0 Å². The number of rotatable bonds is 7. The molecular weight excluding hydrogens is 614 g/mol. The van der Waals surface area contributed by atoms with Crippen molar-refractivity contribution in [3.8, 4) is 17.0 Å². The largest absolute Gasteiger partial charge is 0.491 e. The summed E-state index contributed by atoms with van der Waals surface area (Å²) in [5.41, 5.74) is 3.90. The first-order valence-corrected chi connectivity index (χ1v) is 18.2. The van der Waals surface area contributed by atoms with Gasteiger partial charge in [0.1, 0.15) is 23.9 Å². The van der Waals surface area contributed by atoms with Crippen molar-refractivity contribution in [2.45, 2.75) is 76.9 Å². The molecule has 1 atom stereocenters. The van der Waals surface area contributed by atoms with Crippen molar-refractivity contribution in [3.63, 3.8) is 0 Å². The minimum absolute atomic E-state index is 0.0175. The lowest BCUT2D eigenvalue weighted by Gasteiger charge is -2.56. The number of ether oxygens (including phenoxy) is 2. The summed E-state index contributed by atoms with van der Waals surface area (Å²) in [6.07, 6.45) is 4.76. The number of nitrogens with zero attached hydrogens (tertiary/aromatic N) is 4. The Morgan fingerprint density at radius 2 is 1.72 bits per heavy atom. The number of sulfonamides is 1. The molecule has 1 saturated heterocycles. The van der Waals surface area contributed by atoms with Crippen molar-refractivity contribution in [3.05, 3.63) is 65.4 Å². The Morgan fingerprint density at radius 3 is 2.40 bits per heavy atom. The van der Waals surface area contributed by atoms with E-state index in [1.54, 1.807) is 25.3 Å². The Hall–Kier alpha value is -3.54. The molecule has 6 rings (SSSR count). The van der Waals surface area contributed by atoms with Gasteiger partial charge in [-0.1, -0.05) is 38.1 Å². The van der Waals surface area contributed by atoms with E-state index in [1.807, 2.05) is 43.0 Å². The fourth-order valence-electron chi connectivity index (χ4n) is 7.64. The average Bonchev–Trinajstić information content (AvgIpc) is 3.01. The Balaban J connectivity index is 1.37. The number of carbonyl (C=O) groups excluding carboxylic acids is 1. The highest BCUT2D eigenvalue weighted by atomic mass is 32.2. The summed E-state index contributed by atoms with van der Waals surface area (Å²) in [7, 11) is -2.42. The molecule has 3 aliphatic rings. The van der Waals surface area contributed by atoms with Crippen molar-refractivity contribution < 1.29 is 22.7 Å². The van der Waals surface area contributed by atoms with Crippen LogP contribution in [0.4, 0.5) is 5.82 Å². The number of fused-ring (bicyclic) bond motifs is 4. The third kappa shape index (κ3) is 7.17. The standard InChI is InChI=1S/C36H47N5O5S/c1-24(2)18-27-23-46-29-19-31(34-25(3)8-6-9-26(34)4)37-32(20-29)39-47(43,44)33-11-7-10-30(38-33)35(42)41(27)28-21-36(22-28)12-14-40(15-13-36)16-17-45-5/h6-11,19-20,24,27-28H,12-18,21-23H2,1-5H3,(H,37,39)/t27-/m1/s1. The van der Waals surface area contributed by atoms with Gasteiger partial charge in [0.15, 0.2) is 5.03 Å². The predicted molar refractivity (Wildman–Crippen MR) is 182 cm³/mol. The molecule has 2 fully saturated rings. The zero-order valence-electron chi connectivity index (χ0n) is 28.2. The molecule has 1 aliphatic carbocycles. The van der Waals surface area contributed by atoms with Crippen molar-refractivity contribution in [1.82, 2.24) is 19.8 Å². The molecule has 1 spiro atoms. The molecule has 1 amide bonds. The van der Waals surface area contributed by atoms with Crippen molar-refractivity contribution >= 4 is 21.7 Å². The fraction of sp³-hybridized carbons (Fsp3) is 0.528. The van der Waals surface area contributed by atoms with Gasteiger partial charge in [-0.15, -0.1) is 0 Å². The van der Waals surface area contributed by atoms with Gasteiger partial charge in [-0.05, 0) is 93.6 Å². The van der Waals surface area contributed by atoms with Crippen LogP contribution in [-0.2, 0) is 14.8 Å². The molecule has 4 bridgehead atoms. The number of piperidine rings is 1. The third-order valence-electron chi connectivity index (χ3n) is 10.1. The number of hydrogen-bond acceptors (Lipinski definition) is 8. The number of nitrogens with one attached hydrogen (secondary N) is 1. The average molecular weight is 662 g/mol. The van der Waals surface area contributed by atoms with Gasteiger partial charge in [-0.25, -0.2) is 9.97 Å². The van der Waals surface area contributed by atoms with E-state index in [1.165, 1.54) is 6.07 Å². The molecule has 3 aromatic rings. The SMILES string of the molecule is COCCN1CCC2(CC1)CC(N1C(=O)c3cccc(n3)S(=O)(=O)Nc3cc(cc(-c4c(C)cccc4C)n3)OC[C@H]1CC(C)C)C2. The second kappa shape index (κ2) is 13.5. The molecule has 1 aromatic carbocycles. The molecule has 10 nitrogen and oxygen atoms in total.